The molecule has 0 aliphatic carbocycles. The van der Waals surface area contributed by atoms with Gasteiger partial charge in [0.2, 0.25) is 29.5 Å². The van der Waals surface area contributed by atoms with E-state index in [0.717, 1.165) is 4.90 Å². The van der Waals surface area contributed by atoms with Gasteiger partial charge in [-0.2, -0.15) is 0 Å². The van der Waals surface area contributed by atoms with E-state index in [-0.39, 0.29) is 19.4 Å². The third-order valence-electron chi connectivity index (χ3n) is 4.96. The fraction of sp³-hybridized carbons (Fsp3) is 0.667. The molecule has 0 unspecified atom stereocenters. The predicted molar refractivity (Wildman–Crippen MR) is 123 cm³/mol. The van der Waals surface area contributed by atoms with E-state index in [1.165, 1.54) is 14.0 Å². The van der Waals surface area contributed by atoms with Gasteiger partial charge in [-0.15, -0.1) is 0 Å². The number of carboxylic acids is 2. The number of aliphatic hydroxyl groups is 1. The van der Waals surface area contributed by atoms with Crippen LogP contribution in [0.1, 0.15) is 40.0 Å². The highest BCUT2D eigenvalue weighted by atomic mass is 16.4. The Bertz CT molecular complexity index is 832. The van der Waals surface area contributed by atoms with E-state index >= 15 is 0 Å². The van der Waals surface area contributed by atoms with Crippen LogP contribution in [0, 0.1) is 5.92 Å². The maximum absolute atomic E-state index is 12.7. The van der Waals surface area contributed by atoms with Crippen LogP contribution >= 0.6 is 0 Å². The molecule has 0 bridgehead atoms. The summed E-state index contributed by atoms with van der Waals surface area (Å²) in [5.74, 6) is -6.45. The second kappa shape index (κ2) is 16.0. The lowest BCUT2D eigenvalue weighted by Crippen LogP contribution is -2.57. The topological polar surface area (TPSA) is 232 Å². The number of carboxylic acid groups (broad SMARTS) is 2. The van der Waals surface area contributed by atoms with Crippen molar-refractivity contribution in [3.8, 4) is 0 Å². The van der Waals surface area contributed by atoms with Crippen molar-refractivity contribution in [2.75, 3.05) is 26.7 Å². The Hall–Kier alpha value is -3.75. The average Bonchev–Trinajstić information content (AvgIpc) is 2.80. The molecule has 3 atom stereocenters. The second-order valence-corrected chi connectivity index (χ2v) is 8.35. The standard InChI is InChI=1S/C21H35N5O10/c1-11(2)18(25-15(29)9-22-14(28)5-6-17(31)32)20(34)23-12(3)19(33)24-13(21(35)36)7-8-26(4)16(30)10-27/h11-13,18,27H,5-10H2,1-4H3,(H,22,28)(H,23,34)(H,24,33)(H,25,29)(H,31,32)(H,35,36)/t12-,13-,18-/m0/s1. The summed E-state index contributed by atoms with van der Waals surface area (Å²) in [5.41, 5.74) is 0. The van der Waals surface area contributed by atoms with Gasteiger partial charge in [-0.05, 0) is 19.3 Å². The quantitative estimate of drug-likeness (QED) is 0.110. The lowest BCUT2D eigenvalue weighted by Gasteiger charge is -2.25. The molecule has 0 spiro atoms. The Morgan fingerprint density at radius 2 is 1.44 bits per heavy atom. The van der Waals surface area contributed by atoms with Gasteiger partial charge in [-0.1, -0.05) is 13.8 Å². The Morgan fingerprint density at radius 3 is 1.94 bits per heavy atom. The highest BCUT2D eigenvalue weighted by Crippen LogP contribution is 2.03. The van der Waals surface area contributed by atoms with E-state index in [1.807, 2.05) is 0 Å². The molecular weight excluding hydrogens is 482 g/mol. The van der Waals surface area contributed by atoms with Crippen LogP contribution in [0.5, 0.6) is 0 Å². The Kier molecular flexibility index (Phi) is 14.4. The number of amides is 5. The van der Waals surface area contributed by atoms with Gasteiger partial charge in [-0.25, -0.2) is 4.79 Å². The summed E-state index contributed by atoms with van der Waals surface area (Å²) in [4.78, 5) is 83.2. The minimum Gasteiger partial charge on any atom is -0.481 e. The Morgan fingerprint density at radius 1 is 0.833 bits per heavy atom. The van der Waals surface area contributed by atoms with E-state index in [9.17, 15) is 38.7 Å². The van der Waals surface area contributed by atoms with Crippen molar-refractivity contribution in [2.45, 2.75) is 58.2 Å². The van der Waals surface area contributed by atoms with Crippen molar-refractivity contribution in [1.82, 2.24) is 26.2 Å². The molecule has 0 aliphatic heterocycles. The number of carbonyl (C=O) groups is 7. The van der Waals surface area contributed by atoms with Crippen LogP contribution < -0.4 is 21.3 Å². The number of likely N-dealkylation sites (N-methyl/N-ethyl adjacent to an activating group) is 1. The number of aliphatic carboxylic acids is 2. The number of aliphatic hydroxyl groups excluding tert-OH is 1. The minimum absolute atomic E-state index is 0.0499. The van der Waals surface area contributed by atoms with Gasteiger partial charge in [0.15, 0.2) is 0 Å². The third-order valence-corrected chi connectivity index (χ3v) is 4.96. The first-order valence-corrected chi connectivity index (χ1v) is 11.2. The van der Waals surface area contributed by atoms with Crippen molar-refractivity contribution in [3.05, 3.63) is 0 Å². The Balaban J connectivity index is 4.90. The van der Waals surface area contributed by atoms with Crippen LogP contribution in [0.25, 0.3) is 0 Å². The summed E-state index contributed by atoms with van der Waals surface area (Å²) in [6, 6.07) is -3.63. The molecule has 0 aromatic carbocycles. The van der Waals surface area contributed by atoms with Crippen LogP contribution in [-0.2, 0) is 33.6 Å². The average molecular weight is 518 g/mol. The summed E-state index contributed by atoms with van der Waals surface area (Å²) in [6.45, 7) is 3.30. The molecule has 0 saturated heterocycles. The van der Waals surface area contributed by atoms with Gasteiger partial charge in [0.1, 0.15) is 24.7 Å². The van der Waals surface area contributed by atoms with E-state index in [2.05, 4.69) is 21.3 Å². The van der Waals surface area contributed by atoms with Crippen molar-refractivity contribution in [3.63, 3.8) is 0 Å². The first-order valence-electron chi connectivity index (χ1n) is 11.2. The van der Waals surface area contributed by atoms with Gasteiger partial charge >= 0.3 is 11.9 Å². The first-order chi connectivity index (χ1) is 16.7. The van der Waals surface area contributed by atoms with Crippen LogP contribution in [-0.4, -0.2) is 107 Å². The monoisotopic (exact) mass is 517 g/mol. The van der Waals surface area contributed by atoms with E-state index in [1.54, 1.807) is 13.8 Å². The van der Waals surface area contributed by atoms with Gasteiger partial charge in [-0.3, -0.25) is 28.8 Å². The van der Waals surface area contributed by atoms with Gasteiger partial charge in [0.25, 0.3) is 0 Å². The number of nitrogens with one attached hydrogen (secondary N) is 4. The van der Waals surface area contributed by atoms with E-state index < -0.39 is 85.1 Å². The molecule has 15 nitrogen and oxygen atoms in total. The zero-order chi connectivity index (χ0) is 28.0. The second-order valence-electron chi connectivity index (χ2n) is 8.35. The van der Waals surface area contributed by atoms with Crippen molar-refractivity contribution in [1.29, 1.82) is 0 Å². The highest BCUT2D eigenvalue weighted by molar-refractivity contribution is 5.94. The van der Waals surface area contributed by atoms with Crippen LogP contribution in [0.2, 0.25) is 0 Å². The predicted octanol–water partition coefficient (Wildman–Crippen LogP) is -2.98. The lowest BCUT2D eigenvalue weighted by atomic mass is 10.0. The molecule has 5 amide bonds. The maximum Gasteiger partial charge on any atom is 0.326 e. The van der Waals surface area contributed by atoms with Crippen LogP contribution in [0.15, 0.2) is 0 Å². The number of hydrogen-bond donors (Lipinski definition) is 7. The van der Waals surface area contributed by atoms with Crippen molar-refractivity contribution < 1.29 is 48.9 Å². The van der Waals surface area contributed by atoms with Crippen molar-refractivity contribution >= 4 is 41.5 Å². The molecule has 0 aliphatic rings. The van der Waals surface area contributed by atoms with E-state index in [4.69, 9.17) is 10.2 Å². The van der Waals surface area contributed by atoms with Gasteiger partial charge in [0, 0.05) is 20.0 Å². The zero-order valence-electron chi connectivity index (χ0n) is 20.7. The molecule has 0 aromatic rings. The van der Waals surface area contributed by atoms with Crippen LogP contribution in [0.3, 0.4) is 0 Å². The molecule has 0 radical (unpaired) electrons. The van der Waals surface area contributed by atoms with Crippen molar-refractivity contribution in [2.24, 2.45) is 5.92 Å². The molecule has 7 N–H and O–H groups in total. The molecule has 204 valence electrons. The number of carbonyl (C=O) groups excluding carboxylic acids is 5. The third kappa shape index (κ3) is 12.6. The van der Waals surface area contributed by atoms with Crippen LogP contribution in [0.4, 0.5) is 0 Å². The summed E-state index contributed by atoms with van der Waals surface area (Å²) in [5, 5.41) is 36.1. The molecule has 0 saturated carbocycles. The van der Waals surface area contributed by atoms with Gasteiger partial charge < -0.3 is 41.5 Å². The molecule has 15 heteroatoms. The number of hydrogen-bond acceptors (Lipinski definition) is 8. The fourth-order valence-corrected chi connectivity index (χ4v) is 2.74. The maximum atomic E-state index is 12.7. The Labute approximate surface area is 208 Å². The minimum atomic E-state index is -1.36. The summed E-state index contributed by atoms with van der Waals surface area (Å²) >= 11 is 0. The lowest BCUT2D eigenvalue weighted by molar-refractivity contribution is -0.143. The first kappa shape index (κ1) is 32.2. The smallest absolute Gasteiger partial charge is 0.326 e. The zero-order valence-corrected chi connectivity index (χ0v) is 20.7. The highest BCUT2D eigenvalue weighted by Gasteiger charge is 2.29. The summed E-state index contributed by atoms with van der Waals surface area (Å²) in [7, 11) is 1.37. The molecule has 0 aromatic heterocycles. The van der Waals surface area contributed by atoms with Gasteiger partial charge in [0.05, 0.1) is 13.0 Å². The fourth-order valence-electron chi connectivity index (χ4n) is 2.74. The number of rotatable bonds is 16. The normalized spacial score (nSPS) is 13.1. The SMILES string of the molecule is CC(C)[C@H](NC(=O)CNC(=O)CCC(=O)O)C(=O)N[C@@H](C)C(=O)N[C@@H](CCN(C)C(=O)CO)C(=O)O. The van der Waals surface area contributed by atoms with E-state index in [0.29, 0.717) is 0 Å². The summed E-state index contributed by atoms with van der Waals surface area (Å²) < 4.78 is 0. The molecule has 0 fully saturated rings. The number of nitrogens with zero attached hydrogens (tertiary/aromatic N) is 1. The molecular formula is C21H35N5O10. The molecule has 0 rings (SSSR count). The largest absolute Gasteiger partial charge is 0.481 e. The molecule has 0 heterocycles. The summed E-state index contributed by atoms with van der Waals surface area (Å²) in [6.07, 6.45) is -0.855. The molecule has 36 heavy (non-hydrogen) atoms.